The highest BCUT2D eigenvalue weighted by Crippen LogP contribution is 2.46. The molecule has 0 spiro atoms. The van der Waals surface area contributed by atoms with Crippen molar-refractivity contribution in [2.75, 3.05) is 6.61 Å². The molecule has 0 aromatic rings. The summed E-state index contributed by atoms with van der Waals surface area (Å²) in [6.45, 7) is 17.2. The van der Waals surface area contributed by atoms with E-state index in [0.29, 0.717) is 6.61 Å². The van der Waals surface area contributed by atoms with Crippen LogP contribution in [0.25, 0.3) is 0 Å². The summed E-state index contributed by atoms with van der Waals surface area (Å²) in [5.74, 6) is 0. The number of amides is 1. The topological polar surface area (TPSA) is 49.8 Å². The van der Waals surface area contributed by atoms with Gasteiger partial charge in [0.25, 0.3) is 0 Å². The van der Waals surface area contributed by atoms with Gasteiger partial charge in [0, 0.05) is 8.07 Å². The Bertz CT molecular complexity index is 432. The Hall–Kier alpha value is -0.813. The monoisotopic (exact) mass is 313 g/mol. The van der Waals surface area contributed by atoms with E-state index in [0.717, 1.165) is 6.04 Å². The fourth-order valence-electron chi connectivity index (χ4n) is 2.83. The minimum atomic E-state index is -1.20. The molecule has 4 nitrogen and oxygen atoms in total. The second-order valence-electron chi connectivity index (χ2n) is 8.69. The molecule has 1 rings (SSSR count). The first-order chi connectivity index (χ1) is 9.23. The van der Waals surface area contributed by atoms with Crippen LogP contribution in [-0.4, -0.2) is 42.0 Å². The Labute approximate surface area is 130 Å². The van der Waals surface area contributed by atoms with Gasteiger partial charge in [0.1, 0.15) is 5.72 Å². The number of nitrogens with zero attached hydrogens (tertiary/aromatic N) is 1. The van der Waals surface area contributed by atoms with Crippen molar-refractivity contribution in [3.63, 3.8) is 0 Å². The first-order valence-corrected chi connectivity index (χ1v) is 11.3. The Morgan fingerprint density at radius 2 is 1.86 bits per heavy atom. The van der Waals surface area contributed by atoms with Crippen molar-refractivity contribution in [2.45, 2.75) is 71.6 Å². The van der Waals surface area contributed by atoms with Gasteiger partial charge in [-0.3, -0.25) is 4.90 Å². The molecule has 1 heterocycles. The zero-order valence-electron chi connectivity index (χ0n) is 14.8. The summed E-state index contributed by atoms with van der Waals surface area (Å²) < 4.78 is 5.84. The van der Waals surface area contributed by atoms with Gasteiger partial charge in [0.15, 0.2) is 0 Å². The van der Waals surface area contributed by atoms with Crippen LogP contribution in [0.4, 0.5) is 4.79 Å². The van der Waals surface area contributed by atoms with Gasteiger partial charge >= 0.3 is 6.09 Å². The molecule has 1 amide bonds. The molecule has 1 atom stereocenters. The zero-order chi connectivity index (χ0) is 16.7. The Morgan fingerprint density at radius 3 is 2.24 bits per heavy atom. The van der Waals surface area contributed by atoms with E-state index in [2.05, 4.69) is 52.6 Å². The summed E-state index contributed by atoms with van der Waals surface area (Å²) in [6.07, 6.45) is 3.32. The van der Waals surface area contributed by atoms with E-state index in [9.17, 15) is 9.90 Å². The average molecular weight is 314 g/mol. The third-order valence-corrected chi connectivity index (χ3v) is 5.66. The normalized spacial score (nSPS) is 26.6. The van der Waals surface area contributed by atoms with Crippen LogP contribution in [0.3, 0.4) is 0 Å². The maximum Gasteiger partial charge on any atom is 0.410 e. The molecule has 0 aliphatic carbocycles. The Balaban J connectivity index is 3.26. The molecule has 1 fully saturated rings. The van der Waals surface area contributed by atoms with Gasteiger partial charge in [-0.2, -0.15) is 0 Å². The molecule has 0 saturated carbocycles. The molecule has 1 saturated heterocycles. The molecule has 1 aliphatic heterocycles. The number of hydrogen-bond donors (Lipinski definition) is 1. The molecule has 0 aromatic heterocycles. The third-order valence-electron chi connectivity index (χ3n) is 4.20. The van der Waals surface area contributed by atoms with Gasteiger partial charge in [-0.1, -0.05) is 52.6 Å². The summed E-state index contributed by atoms with van der Waals surface area (Å²) in [7, 11) is -1.20. The molecule has 0 radical (unpaired) electrons. The van der Waals surface area contributed by atoms with Gasteiger partial charge in [-0.05, 0) is 25.3 Å². The van der Waals surface area contributed by atoms with Crippen molar-refractivity contribution >= 4 is 14.2 Å². The smallest absolute Gasteiger partial charge is 0.410 e. The average Bonchev–Trinajstić information content (AvgIpc) is 2.48. The maximum absolute atomic E-state index is 11.9. The quantitative estimate of drug-likeness (QED) is 0.620. The van der Waals surface area contributed by atoms with Crippen LogP contribution in [0.15, 0.2) is 12.2 Å². The van der Waals surface area contributed by atoms with Crippen molar-refractivity contribution in [1.82, 2.24) is 4.90 Å². The van der Waals surface area contributed by atoms with Gasteiger partial charge in [0.2, 0.25) is 0 Å². The van der Waals surface area contributed by atoms with E-state index in [1.165, 1.54) is 4.90 Å². The minimum Gasteiger partial charge on any atom is -0.465 e. The van der Waals surface area contributed by atoms with Crippen LogP contribution in [-0.2, 0) is 4.74 Å². The second kappa shape index (κ2) is 5.43. The first kappa shape index (κ1) is 18.2. The van der Waals surface area contributed by atoms with Gasteiger partial charge < -0.3 is 9.84 Å². The SMILES string of the molecule is CC1(C)OC[C@@](C=CC[Si](C)(C)C)(C(C)(C)C)N1C(=O)O. The van der Waals surface area contributed by atoms with E-state index >= 15 is 0 Å². The van der Waals surface area contributed by atoms with Crippen LogP contribution in [0.2, 0.25) is 25.7 Å². The lowest BCUT2D eigenvalue weighted by atomic mass is 9.72. The highest BCUT2D eigenvalue weighted by molar-refractivity contribution is 6.76. The molecule has 0 aromatic carbocycles. The molecule has 1 N–H and O–H groups in total. The summed E-state index contributed by atoms with van der Waals surface area (Å²) in [6, 6.07) is 1.04. The first-order valence-electron chi connectivity index (χ1n) is 7.58. The molecular weight excluding hydrogens is 282 g/mol. The fourth-order valence-corrected chi connectivity index (χ4v) is 3.65. The molecule has 0 unspecified atom stereocenters. The van der Waals surface area contributed by atoms with Crippen molar-refractivity contribution in [3.05, 3.63) is 12.2 Å². The molecule has 5 heteroatoms. The van der Waals surface area contributed by atoms with E-state index in [1.807, 2.05) is 13.8 Å². The van der Waals surface area contributed by atoms with E-state index < -0.39 is 25.4 Å². The molecule has 122 valence electrons. The third kappa shape index (κ3) is 3.69. The lowest BCUT2D eigenvalue weighted by Crippen LogP contribution is -2.60. The predicted octanol–water partition coefficient (Wildman–Crippen LogP) is 4.41. The van der Waals surface area contributed by atoms with Crippen LogP contribution in [0, 0.1) is 5.41 Å². The van der Waals surface area contributed by atoms with Crippen LogP contribution in [0.5, 0.6) is 0 Å². The van der Waals surface area contributed by atoms with Crippen molar-refractivity contribution in [2.24, 2.45) is 5.41 Å². The van der Waals surface area contributed by atoms with Crippen LogP contribution in [0.1, 0.15) is 34.6 Å². The highest BCUT2D eigenvalue weighted by Gasteiger charge is 2.58. The number of rotatable bonds is 3. The number of carboxylic acid groups (broad SMARTS) is 1. The molecule has 21 heavy (non-hydrogen) atoms. The molecule has 1 aliphatic rings. The van der Waals surface area contributed by atoms with Gasteiger partial charge in [-0.25, -0.2) is 4.79 Å². The predicted molar refractivity (Wildman–Crippen MR) is 89.4 cm³/mol. The number of allylic oxidation sites excluding steroid dienone is 1. The number of hydrogen-bond acceptors (Lipinski definition) is 2. The largest absolute Gasteiger partial charge is 0.465 e. The molecular formula is C16H31NO3Si. The van der Waals surface area contributed by atoms with Gasteiger partial charge in [-0.15, -0.1) is 0 Å². The molecule has 0 bridgehead atoms. The Morgan fingerprint density at radius 1 is 1.33 bits per heavy atom. The van der Waals surface area contributed by atoms with Gasteiger partial charge in [0.05, 0.1) is 12.1 Å². The summed E-state index contributed by atoms with van der Waals surface area (Å²) >= 11 is 0. The summed E-state index contributed by atoms with van der Waals surface area (Å²) in [5, 5.41) is 9.73. The standard InChI is InChI=1S/C16H31NO3Si/c1-14(2,3)16(10-9-11-21(6,7)8)12-20-15(4,5)17(16)13(18)19/h9-10H,11-12H2,1-8H3,(H,18,19)/t16-/m0/s1. The zero-order valence-corrected chi connectivity index (χ0v) is 15.8. The lowest BCUT2D eigenvalue weighted by Gasteiger charge is -2.46. The summed E-state index contributed by atoms with van der Waals surface area (Å²) in [5.41, 5.74) is -1.67. The van der Waals surface area contributed by atoms with Crippen molar-refractivity contribution in [3.8, 4) is 0 Å². The number of ether oxygens (including phenoxy) is 1. The van der Waals surface area contributed by atoms with E-state index in [1.54, 1.807) is 0 Å². The summed E-state index contributed by atoms with van der Waals surface area (Å²) in [4.78, 5) is 13.3. The van der Waals surface area contributed by atoms with Crippen molar-refractivity contribution in [1.29, 1.82) is 0 Å². The van der Waals surface area contributed by atoms with Crippen LogP contribution >= 0.6 is 0 Å². The minimum absolute atomic E-state index is 0.241. The second-order valence-corrected chi connectivity index (χ2v) is 14.2. The van der Waals surface area contributed by atoms with E-state index in [4.69, 9.17) is 4.74 Å². The lowest BCUT2D eigenvalue weighted by molar-refractivity contribution is -0.0511. The van der Waals surface area contributed by atoms with E-state index in [-0.39, 0.29) is 5.41 Å². The number of carbonyl (C=O) groups is 1. The highest BCUT2D eigenvalue weighted by atomic mass is 28.3. The maximum atomic E-state index is 11.9. The van der Waals surface area contributed by atoms with Crippen LogP contribution < -0.4 is 0 Å². The Kier molecular flexibility index (Phi) is 4.72. The van der Waals surface area contributed by atoms with Crippen molar-refractivity contribution < 1.29 is 14.6 Å². The fraction of sp³-hybridized carbons (Fsp3) is 0.812.